The fraction of sp³-hybridized carbons (Fsp3) is 0. The topological polar surface area (TPSA) is 101 Å². The minimum atomic E-state index is -0.357. The fourth-order valence-corrected chi connectivity index (χ4v) is 1.75. The number of nitrogens with zero attached hydrogens (tertiary/aromatic N) is 3. The van der Waals surface area contributed by atoms with Crippen molar-refractivity contribution < 1.29 is 14.3 Å². The number of carbonyl (C=O) groups excluding carboxylic acids is 1. The molecule has 0 aliphatic rings. The number of anilines is 1. The van der Waals surface area contributed by atoms with Gasteiger partial charge in [-0.25, -0.2) is 0 Å². The molecule has 21 heavy (non-hydrogen) atoms. The molecule has 2 aromatic heterocycles. The van der Waals surface area contributed by atoms with Crippen LogP contribution in [0.5, 0.6) is 5.75 Å². The van der Waals surface area contributed by atoms with Gasteiger partial charge in [-0.1, -0.05) is 0 Å². The zero-order valence-electron chi connectivity index (χ0n) is 10.7. The molecule has 0 aliphatic heterocycles. The van der Waals surface area contributed by atoms with E-state index in [9.17, 15) is 9.90 Å². The zero-order chi connectivity index (χ0) is 14.7. The fourth-order valence-electron chi connectivity index (χ4n) is 1.75. The van der Waals surface area contributed by atoms with Crippen LogP contribution >= 0.6 is 0 Å². The molecule has 0 fully saturated rings. The lowest BCUT2D eigenvalue weighted by molar-refractivity contribution is 0.102. The van der Waals surface area contributed by atoms with E-state index < -0.39 is 0 Å². The standard InChI is InChI=1S/C14H10N4O3/c19-12-5-10(6-15-7-12)13(20)17-11-3-1-9(2-4-11)14-18-16-8-21-14/h1-8,19H,(H,17,20). The van der Waals surface area contributed by atoms with Gasteiger partial charge in [0.2, 0.25) is 12.3 Å². The molecular weight excluding hydrogens is 272 g/mol. The molecule has 104 valence electrons. The molecule has 2 N–H and O–H groups in total. The minimum Gasteiger partial charge on any atom is -0.506 e. The first-order valence-corrected chi connectivity index (χ1v) is 6.04. The average molecular weight is 282 g/mol. The van der Waals surface area contributed by atoms with Gasteiger partial charge in [-0.2, -0.15) is 0 Å². The van der Waals surface area contributed by atoms with Gasteiger partial charge in [0.05, 0.1) is 11.8 Å². The first-order valence-electron chi connectivity index (χ1n) is 6.04. The van der Waals surface area contributed by atoms with E-state index in [0.717, 1.165) is 5.56 Å². The smallest absolute Gasteiger partial charge is 0.257 e. The van der Waals surface area contributed by atoms with E-state index in [-0.39, 0.29) is 17.2 Å². The maximum absolute atomic E-state index is 12.0. The molecule has 1 amide bonds. The number of nitrogens with one attached hydrogen (secondary N) is 1. The molecule has 0 unspecified atom stereocenters. The first kappa shape index (κ1) is 12.8. The van der Waals surface area contributed by atoms with Crippen molar-refractivity contribution in [2.75, 3.05) is 5.32 Å². The SMILES string of the molecule is O=C(Nc1ccc(-c2nnco2)cc1)c1cncc(O)c1. The van der Waals surface area contributed by atoms with E-state index in [1.165, 1.54) is 24.9 Å². The number of rotatable bonds is 3. The summed E-state index contributed by atoms with van der Waals surface area (Å²) >= 11 is 0. The highest BCUT2D eigenvalue weighted by Gasteiger charge is 2.08. The summed E-state index contributed by atoms with van der Waals surface area (Å²) in [6, 6.07) is 8.28. The maximum Gasteiger partial charge on any atom is 0.257 e. The second kappa shape index (κ2) is 5.41. The molecule has 0 bridgehead atoms. The number of amides is 1. The van der Waals surface area contributed by atoms with Crippen LogP contribution in [0.15, 0.2) is 53.5 Å². The van der Waals surface area contributed by atoms with Crippen molar-refractivity contribution in [1.82, 2.24) is 15.2 Å². The predicted molar refractivity (Wildman–Crippen MR) is 73.6 cm³/mol. The lowest BCUT2D eigenvalue weighted by Crippen LogP contribution is -2.11. The lowest BCUT2D eigenvalue weighted by atomic mass is 10.2. The van der Waals surface area contributed by atoms with Crippen LogP contribution in [0.25, 0.3) is 11.5 Å². The van der Waals surface area contributed by atoms with E-state index in [2.05, 4.69) is 20.5 Å². The van der Waals surface area contributed by atoms with E-state index in [0.29, 0.717) is 11.6 Å². The van der Waals surface area contributed by atoms with Crippen LogP contribution in [-0.4, -0.2) is 26.2 Å². The number of hydrogen-bond donors (Lipinski definition) is 2. The summed E-state index contributed by atoms with van der Waals surface area (Å²) in [5.41, 5.74) is 1.63. The molecule has 0 saturated heterocycles. The van der Waals surface area contributed by atoms with Gasteiger partial charge in [0, 0.05) is 17.4 Å². The van der Waals surface area contributed by atoms with Crippen molar-refractivity contribution in [3.63, 3.8) is 0 Å². The summed E-state index contributed by atoms with van der Waals surface area (Å²) in [6.45, 7) is 0. The Kier molecular flexibility index (Phi) is 3.30. The molecule has 0 atom stereocenters. The summed E-state index contributed by atoms with van der Waals surface area (Å²) in [7, 11) is 0. The Morgan fingerprint density at radius 3 is 2.67 bits per heavy atom. The maximum atomic E-state index is 12.0. The summed E-state index contributed by atoms with van der Waals surface area (Å²) < 4.78 is 5.08. The molecule has 2 heterocycles. The quantitative estimate of drug-likeness (QED) is 0.762. The number of carbonyl (C=O) groups is 1. The van der Waals surface area contributed by atoms with E-state index in [1.54, 1.807) is 24.3 Å². The van der Waals surface area contributed by atoms with Gasteiger partial charge in [-0.3, -0.25) is 9.78 Å². The molecule has 0 aliphatic carbocycles. The average Bonchev–Trinajstić information content (AvgIpc) is 3.02. The summed E-state index contributed by atoms with van der Waals surface area (Å²) in [5.74, 6) is -0.0107. The monoisotopic (exact) mass is 282 g/mol. The third-order valence-electron chi connectivity index (χ3n) is 2.74. The van der Waals surface area contributed by atoms with Crippen LogP contribution in [-0.2, 0) is 0 Å². The van der Waals surface area contributed by atoms with Gasteiger partial charge in [-0.05, 0) is 30.3 Å². The van der Waals surface area contributed by atoms with Gasteiger partial charge < -0.3 is 14.8 Å². The molecule has 3 aromatic rings. The molecule has 0 radical (unpaired) electrons. The molecule has 7 nitrogen and oxygen atoms in total. The number of benzene rings is 1. The summed E-state index contributed by atoms with van der Waals surface area (Å²) in [5, 5.41) is 19.4. The Hall–Kier alpha value is -3.22. The number of aromatic hydroxyl groups is 1. The van der Waals surface area contributed by atoms with Crippen molar-refractivity contribution in [2.45, 2.75) is 0 Å². The number of aromatic nitrogens is 3. The summed E-state index contributed by atoms with van der Waals surface area (Å²) in [4.78, 5) is 15.7. The van der Waals surface area contributed by atoms with Crippen LogP contribution < -0.4 is 5.32 Å². The van der Waals surface area contributed by atoms with Crippen molar-refractivity contribution in [1.29, 1.82) is 0 Å². The zero-order valence-corrected chi connectivity index (χ0v) is 10.7. The third kappa shape index (κ3) is 2.86. The molecule has 1 aromatic carbocycles. The predicted octanol–water partition coefficient (Wildman–Crippen LogP) is 2.09. The van der Waals surface area contributed by atoms with Crippen molar-refractivity contribution in [3.05, 3.63) is 54.7 Å². The molecular formula is C14H10N4O3. The summed E-state index contributed by atoms with van der Waals surface area (Å²) in [6.07, 6.45) is 3.89. The van der Waals surface area contributed by atoms with Crippen molar-refractivity contribution in [3.8, 4) is 17.2 Å². The van der Waals surface area contributed by atoms with E-state index in [4.69, 9.17) is 4.42 Å². The molecule has 0 saturated carbocycles. The van der Waals surface area contributed by atoms with Crippen LogP contribution in [0.3, 0.4) is 0 Å². The normalized spacial score (nSPS) is 10.3. The largest absolute Gasteiger partial charge is 0.506 e. The Bertz CT molecular complexity index is 754. The van der Waals surface area contributed by atoms with Crippen LogP contribution in [0.1, 0.15) is 10.4 Å². The third-order valence-corrected chi connectivity index (χ3v) is 2.74. The van der Waals surface area contributed by atoms with Gasteiger partial charge in [-0.15, -0.1) is 10.2 Å². The van der Waals surface area contributed by atoms with Gasteiger partial charge in [0.25, 0.3) is 5.91 Å². The van der Waals surface area contributed by atoms with Crippen molar-refractivity contribution in [2.24, 2.45) is 0 Å². The Labute approximate surface area is 119 Å². The molecule has 0 spiro atoms. The minimum absolute atomic E-state index is 0.0607. The highest BCUT2D eigenvalue weighted by molar-refractivity contribution is 6.04. The van der Waals surface area contributed by atoms with Gasteiger partial charge >= 0.3 is 0 Å². The highest BCUT2D eigenvalue weighted by Crippen LogP contribution is 2.19. The second-order valence-corrected chi connectivity index (χ2v) is 4.21. The van der Waals surface area contributed by atoms with Crippen LogP contribution in [0.4, 0.5) is 5.69 Å². The van der Waals surface area contributed by atoms with Gasteiger partial charge in [0.15, 0.2) is 0 Å². The second-order valence-electron chi connectivity index (χ2n) is 4.21. The Morgan fingerprint density at radius 2 is 2.00 bits per heavy atom. The highest BCUT2D eigenvalue weighted by atomic mass is 16.4. The molecule has 3 rings (SSSR count). The number of hydrogen-bond acceptors (Lipinski definition) is 6. The molecule has 7 heteroatoms. The van der Waals surface area contributed by atoms with E-state index in [1.807, 2.05) is 0 Å². The Morgan fingerprint density at radius 1 is 1.19 bits per heavy atom. The van der Waals surface area contributed by atoms with Crippen LogP contribution in [0.2, 0.25) is 0 Å². The van der Waals surface area contributed by atoms with Crippen molar-refractivity contribution >= 4 is 11.6 Å². The lowest BCUT2D eigenvalue weighted by Gasteiger charge is -2.05. The van der Waals surface area contributed by atoms with E-state index >= 15 is 0 Å². The number of pyridine rings is 1. The van der Waals surface area contributed by atoms with Crippen LogP contribution in [0, 0.1) is 0 Å². The van der Waals surface area contributed by atoms with Gasteiger partial charge in [0.1, 0.15) is 5.75 Å². The first-order chi connectivity index (χ1) is 10.2. The Balaban J connectivity index is 1.75.